The van der Waals surface area contributed by atoms with Crippen LogP contribution in [0.2, 0.25) is 0 Å². The van der Waals surface area contributed by atoms with Crippen molar-refractivity contribution >= 4 is 12.2 Å². The minimum Gasteiger partial charge on any atom is -0.296 e. The molecule has 0 atom stereocenters. The van der Waals surface area contributed by atoms with E-state index >= 15 is 0 Å². The van der Waals surface area contributed by atoms with Gasteiger partial charge in [-0.25, -0.2) is 4.98 Å². The Kier molecular flexibility index (Phi) is 2.13. The van der Waals surface area contributed by atoms with Gasteiger partial charge in [0.2, 0.25) is 0 Å². The molecule has 0 saturated heterocycles. The van der Waals surface area contributed by atoms with Crippen molar-refractivity contribution in [1.29, 1.82) is 0 Å². The maximum Gasteiger partial charge on any atom is 0.195 e. The average molecular weight is 236 g/mol. The maximum atomic E-state index is 5.21. The third-order valence-electron chi connectivity index (χ3n) is 2.68. The molecule has 0 radical (unpaired) electrons. The van der Waals surface area contributed by atoms with Crippen molar-refractivity contribution in [2.24, 2.45) is 7.05 Å². The second-order valence-corrected chi connectivity index (χ2v) is 4.47. The summed E-state index contributed by atoms with van der Waals surface area (Å²) in [6.45, 7) is 0.599. The van der Waals surface area contributed by atoms with E-state index in [1.807, 2.05) is 11.6 Å². The minimum absolute atomic E-state index is 0.566. The van der Waals surface area contributed by atoms with Gasteiger partial charge in [0.15, 0.2) is 10.6 Å². The Morgan fingerprint density at radius 3 is 3.00 bits per heavy atom. The van der Waals surface area contributed by atoms with Gasteiger partial charge in [0.1, 0.15) is 12.2 Å². The molecule has 0 bridgehead atoms. The fourth-order valence-corrected chi connectivity index (χ4v) is 1.94. The van der Waals surface area contributed by atoms with Crippen molar-refractivity contribution in [3.8, 4) is 0 Å². The Balaban J connectivity index is 1.93. The summed E-state index contributed by atoms with van der Waals surface area (Å²) < 4.78 is 4.33. The van der Waals surface area contributed by atoms with E-state index in [1.54, 1.807) is 11.0 Å². The zero-order chi connectivity index (χ0) is 11.1. The highest BCUT2D eigenvalue weighted by molar-refractivity contribution is 7.71. The van der Waals surface area contributed by atoms with Gasteiger partial charge < -0.3 is 0 Å². The summed E-state index contributed by atoms with van der Waals surface area (Å²) in [4.78, 5) is 4.20. The monoisotopic (exact) mass is 236 g/mol. The van der Waals surface area contributed by atoms with Gasteiger partial charge in [0.05, 0.1) is 6.54 Å². The van der Waals surface area contributed by atoms with Gasteiger partial charge in [-0.15, -0.1) is 0 Å². The Bertz CT molecular complexity index is 561. The molecule has 0 amide bonds. The maximum absolute atomic E-state index is 5.21. The molecule has 1 aliphatic carbocycles. The second kappa shape index (κ2) is 3.51. The first kappa shape index (κ1) is 9.71. The molecule has 1 N–H and O–H groups in total. The van der Waals surface area contributed by atoms with E-state index in [0.29, 0.717) is 17.2 Å². The lowest BCUT2D eigenvalue weighted by atomic mass is 10.4. The van der Waals surface area contributed by atoms with Gasteiger partial charge in [-0.3, -0.25) is 14.3 Å². The lowest BCUT2D eigenvalue weighted by Gasteiger charge is -2.01. The second-order valence-electron chi connectivity index (χ2n) is 4.08. The van der Waals surface area contributed by atoms with E-state index in [1.165, 1.54) is 12.8 Å². The van der Waals surface area contributed by atoms with Crippen LogP contribution >= 0.6 is 12.2 Å². The number of hydrogen-bond acceptors (Lipinski definition) is 4. The van der Waals surface area contributed by atoms with Gasteiger partial charge in [0, 0.05) is 13.0 Å². The molecule has 2 aromatic heterocycles. The van der Waals surface area contributed by atoms with Crippen LogP contribution in [0, 0.1) is 4.77 Å². The van der Waals surface area contributed by atoms with Crippen LogP contribution in [0.1, 0.15) is 30.4 Å². The fourth-order valence-electron chi connectivity index (χ4n) is 1.73. The molecule has 2 heterocycles. The van der Waals surface area contributed by atoms with Gasteiger partial charge in [-0.1, -0.05) is 0 Å². The molecular weight excluding hydrogens is 224 g/mol. The highest BCUT2D eigenvalue weighted by Gasteiger charge is 2.29. The van der Waals surface area contributed by atoms with E-state index < -0.39 is 0 Å². The molecule has 1 saturated carbocycles. The number of aromatic amines is 1. The molecule has 6 nitrogen and oxygen atoms in total. The summed E-state index contributed by atoms with van der Waals surface area (Å²) in [5, 5.41) is 11.3. The Hall–Kier alpha value is -1.50. The summed E-state index contributed by atoms with van der Waals surface area (Å²) in [7, 11) is 1.85. The molecule has 84 valence electrons. The number of nitrogens with one attached hydrogen (secondary N) is 1. The molecular formula is C9H12N6S. The van der Waals surface area contributed by atoms with Gasteiger partial charge in [0.25, 0.3) is 0 Å². The first-order valence-electron chi connectivity index (χ1n) is 5.23. The standard InChI is InChI=1S/C9H12N6S/c1-14-5-10-7(13-14)4-15-8(6-2-3-6)11-12-9(15)16/h5-6H,2-4H2,1H3,(H,12,16). The van der Waals surface area contributed by atoms with E-state index in [-0.39, 0.29) is 0 Å². The lowest BCUT2D eigenvalue weighted by molar-refractivity contribution is 0.667. The topological polar surface area (TPSA) is 64.3 Å². The van der Waals surface area contributed by atoms with Crippen LogP contribution in [0.4, 0.5) is 0 Å². The van der Waals surface area contributed by atoms with Crippen LogP contribution in [0.5, 0.6) is 0 Å². The highest BCUT2D eigenvalue weighted by Crippen LogP contribution is 2.38. The van der Waals surface area contributed by atoms with E-state index in [0.717, 1.165) is 11.6 Å². The van der Waals surface area contributed by atoms with Gasteiger partial charge in [-0.2, -0.15) is 10.2 Å². The van der Waals surface area contributed by atoms with E-state index in [2.05, 4.69) is 20.3 Å². The van der Waals surface area contributed by atoms with Crippen LogP contribution in [0.15, 0.2) is 6.33 Å². The van der Waals surface area contributed by atoms with Gasteiger partial charge in [-0.05, 0) is 25.1 Å². The van der Waals surface area contributed by atoms with Gasteiger partial charge >= 0.3 is 0 Å². The van der Waals surface area contributed by atoms with Crippen molar-refractivity contribution in [3.05, 3.63) is 22.7 Å². The number of aryl methyl sites for hydroxylation is 1. The number of nitrogens with zero attached hydrogens (tertiary/aromatic N) is 5. The van der Waals surface area contributed by atoms with Crippen LogP contribution in [-0.2, 0) is 13.6 Å². The summed E-state index contributed by atoms with van der Waals surface area (Å²) in [6.07, 6.45) is 4.10. The lowest BCUT2D eigenvalue weighted by Crippen LogP contribution is -2.06. The first-order chi connectivity index (χ1) is 7.74. The molecule has 2 aromatic rings. The molecule has 0 unspecified atom stereocenters. The summed E-state index contributed by atoms with van der Waals surface area (Å²) in [5.41, 5.74) is 0. The predicted molar refractivity (Wildman–Crippen MR) is 59.5 cm³/mol. The summed E-state index contributed by atoms with van der Waals surface area (Å²) >= 11 is 5.21. The van der Waals surface area contributed by atoms with Crippen LogP contribution in [0.3, 0.4) is 0 Å². The molecule has 7 heteroatoms. The van der Waals surface area contributed by atoms with Crippen molar-refractivity contribution in [3.63, 3.8) is 0 Å². The SMILES string of the molecule is Cn1cnc(Cn2c(C3CC3)n[nH]c2=S)n1. The molecule has 16 heavy (non-hydrogen) atoms. The zero-order valence-corrected chi connectivity index (χ0v) is 9.74. The number of H-pyrrole nitrogens is 1. The Morgan fingerprint density at radius 1 is 1.56 bits per heavy atom. The van der Waals surface area contributed by atoms with Crippen molar-refractivity contribution in [1.82, 2.24) is 29.5 Å². The molecule has 0 aromatic carbocycles. The largest absolute Gasteiger partial charge is 0.296 e. The summed E-state index contributed by atoms with van der Waals surface area (Å²) in [6, 6.07) is 0. The predicted octanol–water partition coefficient (Wildman–Crippen LogP) is 0.995. The number of aromatic nitrogens is 6. The molecule has 1 fully saturated rings. The van der Waals surface area contributed by atoms with Crippen molar-refractivity contribution < 1.29 is 0 Å². The quantitative estimate of drug-likeness (QED) is 0.807. The Labute approximate surface area is 97.3 Å². The van der Waals surface area contributed by atoms with Crippen molar-refractivity contribution in [2.75, 3.05) is 0 Å². The third kappa shape index (κ3) is 1.67. The minimum atomic E-state index is 0.566. The third-order valence-corrected chi connectivity index (χ3v) is 2.99. The molecule has 0 aliphatic heterocycles. The van der Waals surface area contributed by atoms with Crippen LogP contribution in [0.25, 0.3) is 0 Å². The molecule has 1 aliphatic rings. The van der Waals surface area contributed by atoms with E-state index in [9.17, 15) is 0 Å². The highest BCUT2D eigenvalue weighted by atomic mass is 32.1. The first-order valence-corrected chi connectivity index (χ1v) is 5.64. The van der Waals surface area contributed by atoms with E-state index in [4.69, 9.17) is 12.2 Å². The van der Waals surface area contributed by atoms with Crippen molar-refractivity contribution in [2.45, 2.75) is 25.3 Å². The van der Waals surface area contributed by atoms with Crippen LogP contribution in [-0.4, -0.2) is 29.5 Å². The molecule has 3 rings (SSSR count). The Morgan fingerprint density at radius 2 is 2.38 bits per heavy atom. The zero-order valence-electron chi connectivity index (χ0n) is 8.92. The van der Waals surface area contributed by atoms with Crippen LogP contribution < -0.4 is 0 Å². The fraction of sp³-hybridized carbons (Fsp3) is 0.556. The average Bonchev–Trinajstić information content (AvgIpc) is 2.93. The number of hydrogen-bond donors (Lipinski definition) is 1. The number of rotatable bonds is 3. The smallest absolute Gasteiger partial charge is 0.195 e. The molecule has 0 spiro atoms. The summed E-state index contributed by atoms with van der Waals surface area (Å²) in [5.74, 6) is 2.37. The normalized spacial score (nSPS) is 15.6.